The number of hydrogen-bond donors (Lipinski definition) is 1. The maximum Gasteiger partial charge on any atom is 0.159 e. The van der Waals surface area contributed by atoms with Gasteiger partial charge in [0.25, 0.3) is 0 Å². The maximum absolute atomic E-state index is 13.0. The lowest BCUT2D eigenvalue weighted by atomic mass is 10.2. The minimum absolute atomic E-state index is 0.470. The van der Waals surface area contributed by atoms with Gasteiger partial charge in [-0.25, -0.2) is 8.78 Å². The molecule has 0 saturated heterocycles. The van der Waals surface area contributed by atoms with Crippen molar-refractivity contribution in [2.24, 2.45) is 10.9 Å². The smallest absolute Gasteiger partial charge is 0.159 e. The minimum Gasteiger partial charge on any atom is -0.361 e. The number of halogens is 2. The van der Waals surface area contributed by atoms with Gasteiger partial charge >= 0.3 is 0 Å². The zero-order chi connectivity index (χ0) is 12.3. The van der Waals surface area contributed by atoms with E-state index in [1.165, 1.54) is 6.07 Å². The standard InChI is InChI=1S/C12H14F2N2S/c1-8-5-15-12(17-7-8)16-6-9-2-3-10(13)11(14)4-9/h2-4,8H,5-7H2,1H3,(H,15,16). The summed E-state index contributed by atoms with van der Waals surface area (Å²) in [5.41, 5.74) is 0.714. The van der Waals surface area contributed by atoms with Gasteiger partial charge in [-0.2, -0.15) is 0 Å². The molecule has 2 nitrogen and oxygen atoms in total. The van der Waals surface area contributed by atoms with Gasteiger partial charge < -0.3 is 5.32 Å². The van der Waals surface area contributed by atoms with Crippen LogP contribution in [0.2, 0.25) is 0 Å². The molecule has 2 rings (SSSR count). The van der Waals surface area contributed by atoms with Crippen LogP contribution in [0.1, 0.15) is 12.5 Å². The summed E-state index contributed by atoms with van der Waals surface area (Å²) in [4.78, 5) is 4.37. The first-order chi connectivity index (χ1) is 8.15. The normalized spacial score (nSPS) is 19.9. The van der Waals surface area contributed by atoms with Gasteiger partial charge in [-0.1, -0.05) is 24.8 Å². The topological polar surface area (TPSA) is 24.4 Å². The number of aliphatic imine (C=N–C) groups is 1. The summed E-state index contributed by atoms with van der Waals surface area (Å²) in [6, 6.07) is 3.92. The third-order valence-corrected chi connectivity index (χ3v) is 3.76. The van der Waals surface area contributed by atoms with E-state index in [1.807, 2.05) is 0 Å². The molecule has 0 radical (unpaired) electrons. The lowest BCUT2D eigenvalue weighted by Gasteiger charge is -2.17. The fourth-order valence-electron chi connectivity index (χ4n) is 1.49. The molecule has 0 amide bonds. The maximum atomic E-state index is 13.0. The average Bonchev–Trinajstić information content (AvgIpc) is 2.33. The molecule has 5 heteroatoms. The first-order valence-corrected chi connectivity index (χ1v) is 6.49. The second-order valence-corrected chi connectivity index (χ2v) is 5.17. The molecule has 1 N–H and O–H groups in total. The van der Waals surface area contributed by atoms with Crippen LogP contribution >= 0.6 is 11.8 Å². The monoisotopic (exact) mass is 256 g/mol. The summed E-state index contributed by atoms with van der Waals surface area (Å²) in [6.07, 6.45) is 0. The average molecular weight is 256 g/mol. The van der Waals surface area contributed by atoms with Crippen molar-refractivity contribution in [2.75, 3.05) is 12.3 Å². The van der Waals surface area contributed by atoms with Gasteiger partial charge in [0.2, 0.25) is 0 Å². The van der Waals surface area contributed by atoms with Crippen LogP contribution in [-0.4, -0.2) is 17.5 Å². The Hall–Kier alpha value is -1.10. The van der Waals surface area contributed by atoms with E-state index in [1.54, 1.807) is 17.8 Å². The number of amidine groups is 1. The highest BCUT2D eigenvalue weighted by atomic mass is 32.2. The molecule has 1 aliphatic heterocycles. The molecule has 17 heavy (non-hydrogen) atoms. The first-order valence-electron chi connectivity index (χ1n) is 5.50. The Kier molecular flexibility index (Phi) is 3.99. The van der Waals surface area contributed by atoms with Gasteiger partial charge in [0, 0.05) is 18.8 Å². The Labute approximate surface area is 104 Å². The second kappa shape index (κ2) is 5.49. The number of nitrogens with one attached hydrogen (secondary N) is 1. The van der Waals surface area contributed by atoms with Gasteiger partial charge in [0.15, 0.2) is 16.8 Å². The van der Waals surface area contributed by atoms with Crippen LogP contribution in [-0.2, 0) is 6.54 Å². The lowest BCUT2D eigenvalue weighted by Crippen LogP contribution is -2.25. The third-order valence-electron chi connectivity index (χ3n) is 2.48. The largest absolute Gasteiger partial charge is 0.361 e. The number of hydrogen-bond acceptors (Lipinski definition) is 3. The van der Waals surface area contributed by atoms with Crippen molar-refractivity contribution < 1.29 is 8.78 Å². The van der Waals surface area contributed by atoms with Crippen molar-refractivity contribution in [3.8, 4) is 0 Å². The molecule has 0 fully saturated rings. The van der Waals surface area contributed by atoms with Gasteiger partial charge in [-0.3, -0.25) is 4.99 Å². The zero-order valence-corrected chi connectivity index (χ0v) is 10.4. The molecule has 1 unspecified atom stereocenters. The Balaban J connectivity index is 1.91. The van der Waals surface area contributed by atoms with E-state index in [-0.39, 0.29) is 0 Å². The highest BCUT2D eigenvalue weighted by Gasteiger charge is 2.11. The molecule has 0 spiro atoms. The SMILES string of the molecule is CC1CN=C(NCc2ccc(F)c(F)c2)SC1. The number of thioether (sulfide) groups is 1. The predicted molar refractivity (Wildman–Crippen MR) is 67.1 cm³/mol. The highest BCUT2D eigenvalue weighted by Crippen LogP contribution is 2.16. The number of benzene rings is 1. The Morgan fingerprint density at radius 3 is 2.88 bits per heavy atom. The summed E-state index contributed by atoms with van der Waals surface area (Å²) in [6.45, 7) is 3.45. The molecule has 1 aromatic rings. The predicted octanol–water partition coefficient (Wildman–Crippen LogP) is 2.79. The summed E-state index contributed by atoms with van der Waals surface area (Å²) in [5.74, 6) is 0.0285. The zero-order valence-electron chi connectivity index (χ0n) is 9.54. The van der Waals surface area contributed by atoms with E-state index in [0.717, 1.165) is 23.5 Å². The Morgan fingerprint density at radius 2 is 2.24 bits per heavy atom. The van der Waals surface area contributed by atoms with E-state index >= 15 is 0 Å². The quantitative estimate of drug-likeness (QED) is 0.880. The van der Waals surface area contributed by atoms with Crippen LogP contribution in [0.25, 0.3) is 0 Å². The van der Waals surface area contributed by atoms with Crippen molar-refractivity contribution in [3.05, 3.63) is 35.4 Å². The van der Waals surface area contributed by atoms with Crippen LogP contribution in [0.15, 0.2) is 23.2 Å². The van der Waals surface area contributed by atoms with Gasteiger partial charge in [-0.05, 0) is 23.6 Å². The van der Waals surface area contributed by atoms with Crippen molar-refractivity contribution in [2.45, 2.75) is 13.5 Å². The number of nitrogens with zero attached hydrogens (tertiary/aromatic N) is 1. The molecule has 0 saturated carbocycles. The van der Waals surface area contributed by atoms with E-state index in [2.05, 4.69) is 17.2 Å². The Morgan fingerprint density at radius 1 is 1.41 bits per heavy atom. The van der Waals surface area contributed by atoms with E-state index < -0.39 is 11.6 Å². The molecule has 1 aromatic carbocycles. The van der Waals surface area contributed by atoms with Crippen LogP contribution in [0.4, 0.5) is 8.78 Å². The highest BCUT2D eigenvalue weighted by molar-refractivity contribution is 8.13. The third kappa shape index (κ3) is 3.43. The molecule has 92 valence electrons. The van der Waals surface area contributed by atoms with Gasteiger partial charge in [0.1, 0.15) is 0 Å². The van der Waals surface area contributed by atoms with Crippen molar-refractivity contribution >= 4 is 16.9 Å². The number of rotatable bonds is 2. The van der Waals surface area contributed by atoms with Gasteiger partial charge in [0.05, 0.1) is 0 Å². The summed E-state index contributed by atoms with van der Waals surface area (Å²) in [5, 5.41) is 4.01. The van der Waals surface area contributed by atoms with E-state index in [4.69, 9.17) is 0 Å². The van der Waals surface area contributed by atoms with Crippen LogP contribution in [0.3, 0.4) is 0 Å². The molecule has 1 atom stereocenters. The van der Waals surface area contributed by atoms with Crippen LogP contribution in [0, 0.1) is 17.6 Å². The summed E-state index contributed by atoms with van der Waals surface area (Å²) < 4.78 is 25.7. The molecule has 1 heterocycles. The molecule has 0 aromatic heterocycles. The van der Waals surface area contributed by atoms with E-state index in [0.29, 0.717) is 18.0 Å². The van der Waals surface area contributed by atoms with Crippen molar-refractivity contribution in [1.29, 1.82) is 0 Å². The van der Waals surface area contributed by atoms with Crippen LogP contribution in [0.5, 0.6) is 0 Å². The van der Waals surface area contributed by atoms with E-state index in [9.17, 15) is 8.78 Å². The summed E-state index contributed by atoms with van der Waals surface area (Å²) in [7, 11) is 0. The summed E-state index contributed by atoms with van der Waals surface area (Å²) >= 11 is 1.67. The van der Waals surface area contributed by atoms with Crippen molar-refractivity contribution in [1.82, 2.24) is 5.32 Å². The van der Waals surface area contributed by atoms with Crippen molar-refractivity contribution in [3.63, 3.8) is 0 Å². The van der Waals surface area contributed by atoms with Crippen LogP contribution < -0.4 is 5.32 Å². The fourth-order valence-corrected chi connectivity index (χ4v) is 2.38. The lowest BCUT2D eigenvalue weighted by molar-refractivity contribution is 0.507. The van der Waals surface area contributed by atoms with Gasteiger partial charge in [-0.15, -0.1) is 0 Å². The fraction of sp³-hybridized carbons (Fsp3) is 0.417. The molecular weight excluding hydrogens is 242 g/mol. The first kappa shape index (κ1) is 12.4. The Bertz CT molecular complexity index is 435. The molecular formula is C12H14F2N2S. The molecule has 1 aliphatic rings. The minimum atomic E-state index is -0.813. The second-order valence-electron chi connectivity index (χ2n) is 4.16. The molecule has 0 bridgehead atoms. The molecule has 0 aliphatic carbocycles.